The topological polar surface area (TPSA) is 108 Å². The van der Waals surface area contributed by atoms with E-state index in [9.17, 15) is 19.5 Å². The number of hydrogen-bond donors (Lipinski definition) is 1. The van der Waals surface area contributed by atoms with Crippen LogP contribution in [0.15, 0.2) is 48.6 Å². The van der Waals surface area contributed by atoms with Gasteiger partial charge in [-0.3, -0.25) is 9.59 Å². The van der Waals surface area contributed by atoms with Crippen LogP contribution in [-0.4, -0.2) is 87.4 Å². The Morgan fingerprint density at radius 1 is 0.361 bits per heavy atom. The van der Waals surface area contributed by atoms with E-state index in [1.807, 2.05) is 21.1 Å². The summed E-state index contributed by atoms with van der Waals surface area (Å²) in [4.78, 5) is 37.6. The second-order valence-electron chi connectivity index (χ2n) is 25.5. The maximum atomic E-state index is 12.9. The molecule has 0 heterocycles. The molecule has 486 valence electrons. The fraction of sp³-hybridized carbons (Fsp3) is 0.851. The second kappa shape index (κ2) is 65.2. The normalized spacial score (nSPS) is 12.9. The molecule has 0 aromatic carbocycles. The third kappa shape index (κ3) is 66.6. The minimum atomic E-state index is -1.51. The molecule has 0 aliphatic heterocycles. The summed E-state index contributed by atoms with van der Waals surface area (Å²) in [7, 11) is 5.99. The van der Waals surface area contributed by atoms with E-state index in [2.05, 4.69) is 62.5 Å². The molecule has 0 spiro atoms. The van der Waals surface area contributed by atoms with Gasteiger partial charge < -0.3 is 28.5 Å². The van der Waals surface area contributed by atoms with Crippen molar-refractivity contribution in [3.63, 3.8) is 0 Å². The molecule has 83 heavy (non-hydrogen) atoms. The Morgan fingerprint density at radius 3 is 0.952 bits per heavy atom. The van der Waals surface area contributed by atoms with Crippen LogP contribution in [0, 0.1) is 0 Å². The van der Waals surface area contributed by atoms with E-state index in [1.54, 1.807) is 0 Å². The molecule has 1 N–H and O–H groups in total. The maximum Gasteiger partial charge on any atom is 0.361 e. The van der Waals surface area contributed by atoms with E-state index >= 15 is 0 Å². The highest BCUT2D eigenvalue weighted by Gasteiger charge is 2.25. The number of carbonyl (C=O) groups excluding carboxylic acids is 2. The van der Waals surface area contributed by atoms with E-state index in [1.165, 1.54) is 270 Å². The van der Waals surface area contributed by atoms with Gasteiger partial charge in [0.15, 0.2) is 6.10 Å². The van der Waals surface area contributed by atoms with Gasteiger partial charge in [-0.25, -0.2) is 4.79 Å². The minimum absolute atomic E-state index is 0.178. The number of likely N-dealkylation sites (N-methyl/N-ethyl adjacent to an activating group) is 1. The zero-order valence-electron chi connectivity index (χ0n) is 55.6. The zero-order chi connectivity index (χ0) is 60.5. The highest BCUT2D eigenvalue weighted by molar-refractivity contribution is 5.71. The Bertz CT molecular complexity index is 1500. The summed E-state index contributed by atoms with van der Waals surface area (Å²) in [6.45, 7) is 4.92. The largest absolute Gasteiger partial charge is 0.477 e. The quantitative estimate of drug-likeness (QED) is 0.0211. The molecule has 2 atom stereocenters. The maximum absolute atomic E-state index is 12.9. The standard InChI is InChI=1S/C74H137NO8/c1-6-8-10-12-14-16-18-20-22-24-26-28-30-32-34-36-38-40-42-44-46-48-50-52-54-56-58-60-62-64-71(76)81-68-70(69-82-74(73(78)79)80-67-66-75(3,4)5)83-72(77)65-63-61-59-57-55-53-51-49-47-45-43-41-39-37-35-33-31-29-27-25-23-21-19-17-15-13-11-9-7-2/h18-21,24-27,70,74H,6-17,22-23,28-69H2,1-5H3/p+1/b20-18-,21-19-,26-24-,27-25-. The number of ether oxygens (including phenoxy) is 4. The van der Waals surface area contributed by atoms with Gasteiger partial charge in [0.1, 0.15) is 13.2 Å². The molecule has 0 fully saturated rings. The molecular weight excluding hydrogens is 1030 g/mol. The van der Waals surface area contributed by atoms with Crippen LogP contribution in [0.25, 0.3) is 0 Å². The first-order valence-corrected chi connectivity index (χ1v) is 35.8. The molecule has 0 aromatic heterocycles. The van der Waals surface area contributed by atoms with Gasteiger partial charge in [0, 0.05) is 12.8 Å². The molecule has 0 aromatic rings. The van der Waals surface area contributed by atoms with Crippen molar-refractivity contribution >= 4 is 17.9 Å². The molecule has 0 radical (unpaired) electrons. The molecule has 0 rings (SSSR count). The van der Waals surface area contributed by atoms with E-state index in [0.29, 0.717) is 17.4 Å². The van der Waals surface area contributed by atoms with Crippen molar-refractivity contribution in [2.75, 3.05) is 47.5 Å². The van der Waals surface area contributed by atoms with Gasteiger partial charge in [0.2, 0.25) is 0 Å². The number of hydrogen-bond acceptors (Lipinski definition) is 7. The summed E-state index contributed by atoms with van der Waals surface area (Å²) in [5.41, 5.74) is 0. The Kier molecular flexibility index (Phi) is 63.1. The number of nitrogens with zero attached hydrogens (tertiary/aromatic N) is 1. The first-order valence-electron chi connectivity index (χ1n) is 35.8. The average molecular weight is 1170 g/mol. The highest BCUT2D eigenvalue weighted by atomic mass is 16.7. The lowest BCUT2D eigenvalue weighted by molar-refractivity contribution is -0.870. The number of rotatable bonds is 67. The first-order chi connectivity index (χ1) is 40.6. The predicted octanol–water partition coefficient (Wildman–Crippen LogP) is 22.1. The first kappa shape index (κ1) is 80.2. The molecule has 0 saturated heterocycles. The number of aliphatic carboxylic acids is 1. The van der Waals surface area contributed by atoms with Crippen LogP contribution in [0.5, 0.6) is 0 Å². The monoisotopic (exact) mass is 1170 g/mol. The van der Waals surface area contributed by atoms with Gasteiger partial charge in [-0.2, -0.15) is 0 Å². The molecular formula is C74H138NO8+. The van der Waals surface area contributed by atoms with Crippen LogP contribution in [0.2, 0.25) is 0 Å². The molecule has 9 nitrogen and oxygen atoms in total. The Labute approximate surface area is 514 Å². The molecule has 0 bridgehead atoms. The second-order valence-corrected chi connectivity index (χ2v) is 25.5. The van der Waals surface area contributed by atoms with Crippen LogP contribution < -0.4 is 0 Å². The Hall–Kier alpha value is -2.75. The molecule has 0 amide bonds. The molecule has 2 unspecified atom stereocenters. The van der Waals surface area contributed by atoms with Crippen molar-refractivity contribution in [3.05, 3.63) is 48.6 Å². The molecule has 0 aliphatic rings. The van der Waals surface area contributed by atoms with Crippen molar-refractivity contribution in [3.8, 4) is 0 Å². The molecule has 9 heteroatoms. The summed E-state index contributed by atoms with van der Waals surface area (Å²) in [5.74, 6) is -1.98. The molecule has 0 saturated carbocycles. The minimum Gasteiger partial charge on any atom is -0.477 e. The van der Waals surface area contributed by atoms with Crippen LogP contribution in [0.3, 0.4) is 0 Å². The van der Waals surface area contributed by atoms with Gasteiger partial charge in [-0.05, 0) is 77.0 Å². The third-order valence-corrected chi connectivity index (χ3v) is 16.1. The van der Waals surface area contributed by atoms with E-state index in [0.717, 1.165) is 51.4 Å². The fourth-order valence-corrected chi connectivity index (χ4v) is 10.5. The lowest BCUT2D eigenvalue weighted by Gasteiger charge is -2.25. The number of allylic oxidation sites excluding steroid dienone is 8. The van der Waals surface area contributed by atoms with Gasteiger partial charge in [0.25, 0.3) is 6.29 Å². The van der Waals surface area contributed by atoms with Crippen molar-refractivity contribution in [2.45, 2.75) is 360 Å². The van der Waals surface area contributed by atoms with Crippen molar-refractivity contribution in [2.24, 2.45) is 0 Å². The van der Waals surface area contributed by atoms with Gasteiger partial charge in [-0.15, -0.1) is 0 Å². The number of quaternary nitrogens is 1. The van der Waals surface area contributed by atoms with Gasteiger partial charge in [-0.1, -0.05) is 306 Å². The SMILES string of the molecule is CCCCCCC/C=C\C/C=C\CCCCCCCCCCCCCCCCCCCC(=O)OCC(COC(OCC[N+](C)(C)C)C(=O)O)OC(=O)CCCCCCCCCCCCCCCCCCC/C=C\C/C=C\CCCCCCC. The van der Waals surface area contributed by atoms with E-state index in [4.69, 9.17) is 18.9 Å². The Balaban J connectivity index is 4.07. The van der Waals surface area contributed by atoms with Crippen LogP contribution in [0.4, 0.5) is 0 Å². The average Bonchev–Trinajstić information content (AvgIpc) is 3.47. The van der Waals surface area contributed by atoms with Crippen molar-refractivity contribution in [1.82, 2.24) is 0 Å². The van der Waals surface area contributed by atoms with Gasteiger partial charge in [0.05, 0.1) is 34.4 Å². The summed E-state index contributed by atoms with van der Waals surface area (Å²) in [6.07, 6.45) is 80.8. The zero-order valence-corrected chi connectivity index (χ0v) is 55.6. The molecule has 0 aliphatic carbocycles. The number of esters is 2. The number of carboxylic acids is 1. The summed E-state index contributed by atoms with van der Waals surface area (Å²) in [5, 5.41) is 9.75. The van der Waals surface area contributed by atoms with Crippen molar-refractivity contribution in [1.29, 1.82) is 0 Å². The summed E-state index contributed by atoms with van der Waals surface area (Å²) in [6, 6.07) is 0. The van der Waals surface area contributed by atoms with Crippen LogP contribution >= 0.6 is 0 Å². The Morgan fingerprint density at radius 2 is 0.651 bits per heavy atom. The van der Waals surface area contributed by atoms with E-state index in [-0.39, 0.29) is 38.2 Å². The lowest BCUT2D eigenvalue weighted by atomic mass is 10.0. The van der Waals surface area contributed by atoms with Crippen LogP contribution in [0.1, 0.15) is 348 Å². The summed E-state index contributed by atoms with van der Waals surface area (Å²) < 4.78 is 23.0. The summed E-state index contributed by atoms with van der Waals surface area (Å²) >= 11 is 0. The van der Waals surface area contributed by atoms with E-state index < -0.39 is 18.4 Å². The van der Waals surface area contributed by atoms with Crippen LogP contribution in [-0.2, 0) is 33.3 Å². The number of unbranched alkanes of at least 4 members (excludes halogenated alkanes) is 44. The van der Waals surface area contributed by atoms with Gasteiger partial charge >= 0.3 is 17.9 Å². The van der Waals surface area contributed by atoms with Crippen molar-refractivity contribution < 1.29 is 42.9 Å². The third-order valence-electron chi connectivity index (χ3n) is 16.1. The predicted molar refractivity (Wildman–Crippen MR) is 355 cm³/mol. The highest BCUT2D eigenvalue weighted by Crippen LogP contribution is 2.18. The number of carbonyl (C=O) groups is 3. The lowest BCUT2D eigenvalue weighted by Crippen LogP contribution is -2.40. The number of carboxylic acid groups (broad SMARTS) is 1. The smallest absolute Gasteiger partial charge is 0.361 e. The fourth-order valence-electron chi connectivity index (χ4n) is 10.5.